The van der Waals surface area contributed by atoms with Crippen molar-refractivity contribution in [3.05, 3.63) is 27.1 Å². The van der Waals surface area contributed by atoms with Gasteiger partial charge in [0.25, 0.3) is 0 Å². The van der Waals surface area contributed by atoms with Gasteiger partial charge < -0.3 is 0 Å². The molecule has 0 spiro atoms. The van der Waals surface area contributed by atoms with Crippen LogP contribution in [-0.2, 0) is 12.6 Å². The van der Waals surface area contributed by atoms with Crippen LogP contribution in [0.25, 0.3) is 0 Å². The van der Waals surface area contributed by atoms with Crippen molar-refractivity contribution < 1.29 is 13.2 Å². The van der Waals surface area contributed by atoms with Crippen LogP contribution >= 0.6 is 22.6 Å². The highest BCUT2D eigenvalue weighted by atomic mass is 127. The average Bonchev–Trinajstić information content (AvgIpc) is 2.07. The molecule has 0 N–H and O–H groups in total. The summed E-state index contributed by atoms with van der Waals surface area (Å²) in [7, 11) is 0. The van der Waals surface area contributed by atoms with E-state index in [2.05, 4.69) is 4.98 Å². The molecule has 6 heteroatoms. The van der Waals surface area contributed by atoms with Crippen LogP contribution in [0.4, 0.5) is 13.2 Å². The first-order valence-electron chi connectivity index (χ1n) is 3.53. The normalized spacial score (nSPS) is 11.1. The molecular formula is C8H4F3IN2. The number of halogens is 4. The van der Waals surface area contributed by atoms with Crippen molar-refractivity contribution >= 4 is 22.6 Å². The maximum atomic E-state index is 12.2. The van der Waals surface area contributed by atoms with E-state index in [1.165, 1.54) is 0 Å². The lowest BCUT2D eigenvalue weighted by atomic mass is 10.2. The fourth-order valence-electron chi connectivity index (χ4n) is 0.829. The zero-order valence-corrected chi connectivity index (χ0v) is 8.93. The summed E-state index contributed by atoms with van der Waals surface area (Å²) in [6.45, 7) is 0. The fourth-order valence-corrected chi connectivity index (χ4v) is 1.45. The van der Waals surface area contributed by atoms with E-state index in [1.54, 1.807) is 22.6 Å². The van der Waals surface area contributed by atoms with Crippen LogP contribution in [0.3, 0.4) is 0 Å². The first kappa shape index (κ1) is 11.2. The minimum absolute atomic E-state index is 0.0728. The molecule has 0 aliphatic rings. The molecule has 0 aliphatic carbocycles. The van der Waals surface area contributed by atoms with E-state index in [0.29, 0.717) is 9.13 Å². The molecule has 1 aromatic rings. The van der Waals surface area contributed by atoms with Crippen LogP contribution in [0, 0.1) is 14.9 Å². The third kappa shape index (κ3) is 2.57. The van der Waals surface area contributed by atoms with Gasteiger partial charge in [-0.05, 0) is 34.2 Å². The molecule has 0 saturated carbocycles. The Morgan fingerprint density at radius 1 is 1.50 bits per heavy atom. The van der Waals surface area contributed by atoms with E-state index in [-0.39, 0.29) is 6.42 Å². The highest BCUT2D eigenvalue weighted by Crippen LogP contribution is 2.29. The van der Waals surface area contributed by atoms with Gasteiger partial charge in [0.1, 0.15) is 5.69 Å². The number of hydrogen-bond donors (Lipinski definition) is 0. The van der Waals surface area contributed by atoms with E-state index >= 15 is 0 Å². The minimum Gasteiger partial charge on any atom is -0.251 e. The van der Waals surface area contributed by atoms with Crippen molar-refractivity contribution in [3.63, 3.8) is 0 Å². The highest BCUT2D eigenvalue weighted by Gasteiger charge is 2.32. The molecule has 0 aromatic carbocycles. The van der Waals surface area contributed by atoms with Gasteiger partial charge in [0.15, 0.2) is 0 Å². The number of rotatable bonds is 1. The molecule has 74 valence electrons. The summed E-state index contributed by atoms with van der Waals surface area (Å²) in [6, 6.07) is 2.79. The Morgan fingerprint density at radius 2 is 2.14 bits per heavy atom. The second-order valence-electron chi connectivity index (χ2n) is 2.49. The van der Waals surface area contributed by atoms with Crippen LogP contribution in [0.15, 0.2) is 12.3 Å². The third-order valence-electron chi connectivity index (χ3n) is 1.49. The van der Waals surface area contributed by atoms with Gasteiger partial charge >= 0.3 is 6.18 Å². The zero-order chi connectivity index (χ0) is 10.8. The molecule has 0 bridgehead atoms. The van der Waals surface area contributed by atoms with Crippen molar-refractivity contribution in [1.82, 2.24) is 4.98 Å². The molecule has 0 saturated heterocycles. The van der Waals surface area contributed by atoms with Gasteiger partial charge in [-0.1, -0.05) is 0 Å². The van der Waals surface area contributed by atoms with E-state index in [9.17, 15) is 13.2 Å². The molecule has 1 heterocycles. The lowest BCUT2D eigenvalue weighted by Gasteiger charge is -2.07. The Balaban J connectivity index is 3.08. The van der Waals surface area contributed by atoms with E-state index in [4.69, 9.17) is 5.26 Å². The number of nitrogens with zero attached hydrogens (tertiary/aromatic N) is 2. The van der Waals surface area contributed by atoms with Crippen molar-refractivity contribution in [2.75, 3.05) is 0 Å². The first-order valence-corrected chi connectivity index (χ1v) is 4.61. The number of nitriles is 1. The Bertz CT molecular complexity index is 381. The van der Waals surface area contributed by atoms with Crippen molar-refractivity contribution in [1.29, 1.82) is 5.26 Å². The predicted molar refractivity (Wildman–Crippen MR) is 51.3 cm³/mol. The molecule has 2 nitrogen and oxygen atoms in total. The largest absolute Gasteiger partial charge is 0.433 e. The van der Waals surface area contributed by atoms with Crippen LogP contribution in [-0.4, -0.2) is 4.98 Å². The third-order valence-corrected chi connectivity index (χ3v) is 2.49. The second kappa shape index (κ2) is 4.13. The van der Waals surface area contributed by atoms with Crippen LogP contribution < -0.4 is 0 Å². The van der Waals surface area contributed by atoms with Crippen LogP contribution in [0.1, 0.15) is 11.3 Å². The maximum Gasteiger partial charge on any atom is 0.433 e. The van der Waals surface area contributed by atoms with Gasteiger partial charge in [-0.25, -0.2) is 0 Å². The summed E-state index contributed by atoms with van der Waals surface area (Å²) in [5, 5.41) is 8.37. The summed E-state index contributed by atoms with van der Waals surface area (Å²) in [5.41, 5.74) is -0.412. The summed E-state index contributed by atoms with van der Waals surface area (Å²) in [6.07, 6.45) is -3.26. The zero-order valence-electron chi connectivity index (χ0n) is 6.77. The van der Waals surface area contributed by atoms with Gasteiger partial charge in [0.05, 0.1) is 12.5 Å². The molecule has 0 radical (unpaired) electrons. The van der Waals surface area contributed by atoms with Crippen molar-refractivity contribution in [2.24, 2.45) is 0 Å². The maximum absolute atomic E-state index is 12.2. The number of aromatic nitrogens is 1. The van der Waals surface area contributed by atoms with Gasteiger partial charge in [0.2, 0.25) is 0 Å². The molecule has 1 rings (SSSR count). The average molecular weight is 312 g/mol. The monoisotopic (exact) mass is 312 g/mol. The standard InChI is InChI=1S/C8H4F3IN2/c9-8(10,11)7-3-6(12)5(1-2-13)4-14-7/h3-4H,1H2. The smallest absolute Gasteiger partial charge is 0.251 e. The number of pyridine rings is 1. The summed E-state index contributed by atoms with van der Waals surface area (Å²) in [5.74, 6) is 0. The van der Waals surface area contributed by atoms with Gasteiger partial charge in [-0.3, -0.25) is 4.98 Å². The number of hydrogen-bond acceptors (Lipinski definition) is 2. The summed E-state index contributed by atoms with van der Waals surface area (Å²) < 4.78 is 36.9. The Hall–Kier alpha value is -0.840. The predicted octanol–water partition coefficient (Wildman–Crippen LogP) is 2.77. The van der Waals surface area contributed by atoms with Crippen LogP contribution in [0.2, 0.25) is 0 Å². The molecule has 1 aromatic heterocycles. The van der Waals surface area contributed by atoms with Gasteiger partial charge in [-0.2, -0.15) is 18.4 Å². The minimum atomic E-state index is -4.43. The Morgan fingerprint density at radius 3 is 2.57 bits per heavy atom. The van der Waals surface area contributed by atoms with Crippen molar-refractivity contribution in [3.8, 4) is 6.07 Å². The fraction of sp³-hybridized carbons (Fsp3) is 0.250. The van der Waals surface area contributed by atoms with Gasteiger partial charge in [0, 0.05) is 9.77 Å². The molecule has 0 unspecified atom stereocenters. The van der Waals surface area contributed by atoms with Crippen LogP contribution in [0.5, 0.6) is 0 Å². The van der Waals surface area contributed by atoms with Gasteiger partial charge in [-0.15, -0.1) is 0 Å². The molecular weight excluding hydrogens is 308 g/mol. The first-order chi connectivity index (χ1) is 6.45. The van der Waals surface area contributed by atoms with E-state index in [0.717, 1.165) is 12.3 Å². The summed E-state index contributed by atoms with van der Waals surface area (Å²) >= 11 is 1.76. The SMILES string of the molecule is N#CCc1cnc(C(F)(F)F)cc1I. The van der Waals surface area contributed by atoms with E-state index < -0.39 is 11.9 Å². The highest BCUT2D eigenvalue weighted by molar-refractivity contribution is 14.1. The molecule has 14 heavy (non-hydrogen) atoms. The topological polar surface area (TPSA) is 36.7 Å². The Kier molecular flexibility index (Phi) is 3.31. The lowest BCUT2D eigenvalue weighted by Crippen LogP contribution is -2.08. The number of alkyl halides is 3. The summed E-state index contributed by atoms with van der Waals surface area (Å²) in [4.78, 5) is 3.25. The molecule has 0 fully saturated rings. The molecule has 0 aliphatic heterocycles. The second-order valence-corrected chi connectivity index (χ2v) is 3.66. The Labute approximate surface area is 91.9 Å². The van der Waals surface area contributed by atoms with E-state index in [1.807, 2.05) is 6.07 Å². The lowest BCUT2D eigenvalue weighted by molar-refractivity contribution is -0.141. The van der Waals surface area contributed by atoms with Crippen molar-refractivity contribution in [2.45, 2.75) is 12.6 Å². The molecule has 0 amide bonds. The molecule has 0 atom stereocenters. The quantitative estimate of drug-likeness (QED) is 0.748.